The van der Waals surface area contributed by atoms with Crippen LogP contribution >= 0.6 is 12.2 Å². The van der Waals surface area contributed by atoms with Gasteiger partial charge in [0.1, 0.15) is 0 Å². The lowest BCUT2D eigenvalue weighted by Crippen LogP contribution is -2.28. The molecule has 0 atom stereocenters. The van der Waals surface area contributed by atoms with Gasteiger partial charge in [0, 0.05) is 5.69 Å². The number of anilines is 1. The molecule has 0 bridgehead atoms. The summed E-state index contributed by atoms with van der Waals surface area (Å²) in [6.07, 6.45) is 2.14. The van der Waals surface area contributed by atoms with Gasteiger partial charge in [0.15, 0.2) is 5.11 Å². The van der Waals surface area contributed by atoms with Gasteiger partial charge in [-0.1, -0.05) is 31.5 Å². The molecule has 82 valence electrons. The van der Waals surface area contributed by atoms with E-state index < -0.39 is 0 Å². The third-order valence-corrected chi connectivity index (χ3v) is 1.98. The molecule has 0 saturated heterocycles. The monoisotopic (exact) mass is 224 g/mol. The van der Waals surface area contributed by atoms with Crippen LogP contribution in [0.2, 0.25) is 0 Å². The molecule has 0 aliphatic heterocycles. The van der Waals surface area contributed by atoms with Gasteiger partial charge in [-0.15, -0.1) is 0 Å². The third kappa shape index (κ3) is 5.34. The van der Waals surface area contributed by atoms with Gasteiger partial charge >= 0.3 is 0 Å². The maximum absolute atomic E-state index is 5.15. The van der Waals surface area contributed by atoms with Gasteiger partial charge in [-0.05, 0) is 30.8 Å². The Morgan fingerprint density at radius 2 is 2.07 bits per heavy atom. The standard InChI is InChI=1S/C11H16N2OS/c1-2-3-9-14-13-11(15)12-10-7-5-4-6-8-10/h4-8H,2-3,9H2,1H3,(H2,12,13,15). The summed E-state index contributed by atoms with van der Waals surface area (Å²) in [7, 11) is 0. The van der Waals surface area contributed by atoms with Crippen molar-refractivity contribution in [2.75, 3.05) is 11.9 Å². The first-order valence-corrected chi connectivity index (χ1v) is 5.47. The zero-order chi connectivity index (χ0) is 10.9. The third-order valence-electron chi connectivity index (χ3n) is 1.80. The zero-order valence-electron chi connectivity index (χ0n) is 8.82. The zero-order valence-corrected chi connectivity index (χ0v) is 9.64. The Morgan fingerprint density at radius 1 is 1.33 bits per heavy atom. The lowest BCUT2D eigenvalue weighted by atomic mass is 10.3. The summed E-state index contributed by atoms with van der Waals surface area (Å²) in [5.74, 6) is 0. The molecule has 4 heteroatoms. The van der Waals surface area contributed by atoms with Crippen molar-refractivity contribution < 1.29 is 4.84 Å². The van der Waals surface area contributed by atoms with Crippen LogP contribution in [-0.2, 0) is 4.84 Å². The lowest BCUT2D eigenvalue weighted by Gasteiger charge is -2.09. The average molecular weight is 224 g/mol. The van der Waals surface area contributed by atoms with Crippen molar-refractivity contribution in [2.45, 2.75) is 19.8 Å². The first-order chi connectivity index (χ1) is 7.33. The molecule has 0 radical (unpaired) electrons. The van der Waals surface area contributed by atoms with Crippen LogP contribution in [0.25, 0.3) is 0 Å². The molecule has 3 nitrogen and oxygen atoms in total. The van der Waals surface area contributed by atoms with Crippen molar-refractivity contribution in [1.29, 1.82) is 0 Å². The molecule has 15 heavy (non-hydrogen) atoms. The number of unbranched alkanes of at least 4 members (excludes halogenated alkanes) is 1. The van der Waals surface area contributed by atoms with Gasteiger partial charge in [-0.3, -0.25) is 4.84 Å². The van der Waals surface area contributed by atoms with Gasteiger partial charge < -0.3 is 5.32 Å². The summed E-state index contributed by atoms with van der Waals surface area (Å²) in [5.41, 5.74) is 3.64. The fourth-order valence-electron chi connectivity index (χ4n) is 1.01. The highest BCUT2D eigenvalue weighted by Gasteiger charge is 1.95. The number of hydrogen-bond donors (Lipinski definition) is 2. The molecule has 0 spiro atoms. The second kappa shape index (κ2) is 7.20. The number of thiocarbonyl (C=S) groups is 1. The minimum Gasteiger partial charge on any atom is -0.331 e. The summed E-state index contributed by atoms with van der Waals surface area (Å²) in [6.45, 7) is 2.79. The van der Waals surface area contributed by atoms with Gasteiger partial charge in [0.2, 0.25) is 0 Å². The Kier molecular flexibility index (Phi) is 5.73. The van der Waals surface area contributed by atoms with E-state index >= 15 is 0 Å². The molecule has 0 fully saturated rings. The molecular formula is C11H16N2OS. The molecular weight excluding hydrogens is 208 g/mol. The number of hydroxylamine groups is 1. The SMILES string of the molecule is CCCCONC(=S)Nc1ccccc1. The highest BCUT2D eigenvalue weighted by atomic mass is 32.1. The summed E-state index contributed by atoms with van der Waals surface area (Å²) in [4.78, 5) is 5.15. The molecule has 0 heterocycles. The van der Waals surface area contributed by atoms with Crippen LogP contribution in [0.5, 0.6) is 0 Å². The average Bonchev–Trinajstić information content (AvgIpc) is 2.26. The predicted octanol–water partition coefficient (Wildman–Crippen LogP) is 2.70. The minimum absolute atomic E-state index is 0.484. The summed E-state index contributed by atoms with van der Waals surface area (Å²) >= 11 is 5.04. The molecule has 0 unspecified atom stereocenters. The molecule has 1 aromatic carbocycles. The van der Waals surface area contributed by atoms with Crippen LogP contribution in [0, 0.1) is 0 Å². The largest absolute Gasteiger partial charge is 0.331 e. The lowest BCUT2D eigenvalue weighted by molar-refractivity contribution is 0.0842. The Balaban J connectivity index is 2.19. The first-order valence-electron chi connectivity index (χ1n) is 5.06. The van der Waals surface area contributed by atoms with E-state index in [9.17, 15) is 0 Å². The number of para-hydroxylation sites is 1. The van der Waals surface area contributed by atoms with E-state index in [1.807, 2.05) is 30.3 Å². The summed E-state index contributed by atoms with van der Waals surface area (Å²) in [6, 6.07) is 9.74. The summed E-state index contributed by atoms with van der Waals surface area (Å²) in [5, 5.41) is 3.50. The highest BCUT2D eigenvalue weighted by Crippen LogP contribution is 2.04. The van der Waals surface area contributed by atoms with E-state index in [0.717, 1.165) is 18.5 Å². The van der Waals surface area contributed by atoms with E-state index in [0.29, 0.717) is 11.7 Å². The number of nitrogens with one attached hydrogen (secondary N) is 2. The maximum Gasteiger partial charge on any atom is 0.195 e. The second-order valence-corrected chi connectivity index (χ2v) is 3.53. The smallest absolute Gasteiger partial charge is 0.195 e. The topological polar surface area (TPSA) is 33.3 Å². The van der Waals surface area contributed by atoms with Crippen molar-refractivity contribution in [2.24, 2.45) is 0 Å². The first kappa shape index (κ1) is 11.9. The van der Waals surface area contributed by atoms with Crippen LogP contribution in [-0.4, -0.2) is 11.7 Å². The van der Waals surface area contributed by atoms with E-state index in [1.165, 1.54) is 0 Å². The second-order valence-electron chi connectivity index (χ2n) is 3.12. The van der Waals surface area contributed by atoms with Gasteiger partial charge in [-0.2, -0.15) is 0 Å². The van der Waals surface area contributed by atoms with Crippen molar-refractivity contribution in [1.82, 2.24) is 5.48 Å². The Morgan fingerprint density at radius 3 is 2.73 bits per heavy atom. The molecule has 1 aromatic rings. The molecule has 1 rings (SSSR count). The molecule has 2 N–H and O–H groups in total. The van der Waals surface area contributed by atoms with Gasteiger partial charge in [-0.25, -0.2) is 5.48 Å². The van der Waals surface area contributed by atoms with Crippen molar-refractivity contribution >= 4 is 23.0 Å². The maximum atomic E-state index is 5.15. The molecule has 0 saturated carbocycles. The van der Waals surface area contributed by atoms with E-state index in [2.05, 4.69) is 17.7 Å². The van der Waals surface area contributed by atoms with Gasteiger partial charge in [0.25, 0.3) is 0 Å². The van der Waals surface area contributed by atoms with Crippen LogP contribution in [0.15, 0.2) is 30.3 Å². The molecule has 0 aliphatic rings. The highest BCUT2D eigenvalue weighted by molar-refractivity contribution is 7.80. The van der Waals surface area contributed by atoms with Crippen LogP contribution in [0.1, 0.15) is 19.8 Å². The van der Waals surface area contributed by atoms with E-state index in [-0.39, 0.29) is 0 Å². The summed E-state index contributed by atoms with van der Waals surface area (Å²) < 4.78 is 0. The van der Waals surface area contributed by atoms with Crippen LogP contribution in [0.3, 0.4) is 0 Å². The number of benzene rings is 1. The predicted molar refractivity (Wildman–Crippen MR) is 66.7 cm³/mol. The fourth-order valence-corrected chi connectivity index (χ4v) is 1.19. The molecule has 0 aromatic heterocycles. The minimum atomic E-state index is 0.484. The van der Waals surface area contributed by atoms with E-state index in [1.54, 1.807) is 0 Å². The van der Waals surface area contributed by atoms with Crippen molar-refractivity contribution in [3.05, 3.63) is 30.3 Å². The number of hydrogen-bond acceptors (Lipinski definition) is 2. The van der Waals surface area contributed by atoms with E-state index in [4.69, 9.17) is 17.1 Å². The Labute approximate surface area is 95.8 Å². The number of rotatable bonds is 5. The quantitative estimate of drug-likeness (QED) is 0.458. The van der Waals surface area contributed by atoms with Gasteiger partial charge in [0.05, 0.1) is 6.61 Å². The Hall–Kier alpha value is -1.13. The Bertz CT molecular complexity index is 290. The molecule has 0 aliphatic carbocycles. The van der Waals surface area contributed by atoms with Crippen LogP contribution < -0.4 is 10.8 Å². The van der Waals surface area contributed by atoms with Crippen molar-refractivity contribution in [3.63, 3.8) is 0 Å². The fraction of sp³-hybridized carbons (Fsp3) is 0.364. The van der Waals surface area contributed by atoms with Crippen LogP contribution in [0.4, 0.5) is 5.69 Å². The normalized spacial score (nSPS) is 9.67. The molecule has 0 amide bonds. The van der Waals surface area contributed by atoms with Crippen molar-refractivity contribution in [3.8, 4) is 0 Å².